The van der Waals surface area contributed by atoms with Gasteiger partial charge in [0.15, 0.2) is 0 Å². The number of hydrogen-bond acceptors (Lipinski definition) is 2. The van der Waals surface area contributed by atoms with Gasteiger partial charge in [0.25, 0.3) is 6.71 Å². The van der Waals surface area contributed by atoms with Crippen LogP contribution in [0.5, 0.6) is 0 Å². The molecule has 0 saturated heterocycles. The molecule has 5 heteroatoms. The lowest BCUT2D eigenvalue weighted by Crippen LogP contribution is -2.61. The van der Waals surface area contributed by atoms with Crippen molar-refractivity contribution in [1.29, 1.82) is 0 Å². The smallest absolute Gasteiger partial charge is 0.252 e. The molecule has 0 atom stereocenters. The lowest BCUT2D eigenvalue weighted by atomic mass is 9.33. The second-order valence-electron chi connectivity index (χ2n) is 30.7. The van der Waals surface area contributed by atoms with Crippen molar-refractivity contribution in [2.75, 3.05) is 9.80 Å². The zero-order valence-electron chi connectivity index (χ0n) is 70.5. The van der Waals surface area contributed by atoms with E-state index in [0.717, 1.165) is 123 Å². The van der Waals surface area contributed by atoms with E-state index in [9.17, 15) is 13.7 Å². The number of anilines is 6. The molecular weight excluding hydrogens is 1230 g/mol. The maximum Gasteiger partial charge on any atom is 0.252 e. The van der Waals surface area contributed by atoms with E-state index in [1.165, 1.54) is 0 Å². The predicted octanol–water partition coefficient (Wildman–Crippen LogP) is 24.0. The highest BCUT2D eigenvalue weighted by Crippen LogP contribution is 2.55. The van der Waals surface area contributed by atoms with Crippen LogP contribution >= 0.6 is 0 Å². The molecule has 0 radical (unpaired) electrons. The summed E-state index contributed by atoms with van der Waals surface area (Å²) >= 11 is 0. The Morgan fingerprint density at radius 1 is 0.314 bits per heavy atom. The molecule has 14 aromatic carbocycles. The summed E-state index contributed by atoms with van der Waals surface area (Å²) in [4.78, 5) is 4.84. The fourth-order valence-corrected chi connectivity index (χ4v) is 16.6. The summed E-state index contributed by atoms with van der Waals surface area (Å²) < 4.78 is 118. The highest BCUT2D eigenvalue weighted by atomic mass is 15.2. The van der Waals surface area contributed by atoms with Crippen molar-refractivity contribution >= 4 is 101 Å². The molecule has 16 aromatic rings. The molecule has 0 saturated carbocycles. The molecule has 0 spiro atoms. The maximum atomic E-state index is 10.1. The van der Waals surface area contributed by atoms with Crippen LogP contribution in [0.25, 0.3) is 99.5 Å². The number of benzene rings is 14. The average Bonchev–Trinajstić information content (AvgIpc) is 1.18. The van der Waals surface area contributed by atoms with Gasteiger partial charge < -0.3 is 18.9 Å². The molecule has 4 nitrogen and oxygen atoms in total. The van der Waals surface area contributed by atoms with Crippen molar-refractivity contribution in [3.63, 3.8) is 0 Å². The predicted molar refractivity (Wildman–Crippen MR) is 434 cm³/mol. The maximum absolute atomic E-state index is 10.1. The van der Waals surface area contributed by atoms with Crippen molar-refractivity contribution in [3.05, 3.63) is 342 Å². The van der Waals surface area contributed by atoms with E-state index in [-0.39, 0.29) is 62.7 Å². The molecule has 490 valence electrons. The van der Waals surface area contributed by atoms with Crippen molar-refractivity contribution in [3.8, 4) is 55.9 Å². The molecule has 1 aliphatic carbocycles. The molecule has 0 bridgehead atoms. The monoisotopic (exact) mass is 1320 g/mol. The van der Waals surface area contributed by atoms with Gasteiger partial charge in [-0.05, 0) is 185 Å². The molecule has 0 amide bonds. The third-order valence-corrected chi connectivity index (χ3v) is 21.6. The van der Waals surface area contributed by atoms with E-state index in [1.54, 1.807) is 4.57 Å². The van der Waals surface area contributed by atoms with Gasteiger partial charge in [-0.2, -0.15) is 0 Å². The summed E-state index contributed by atoms with van der Waals surface area (Å²) in [6.45, 7) is 19.5. The normalized spacial score (nSPS) is 15.1. The minimum atomic E-state index is -0.601. The Balaban J connectivity index is 0.975. The van der Waals surface area contributed by atoms with Gasteiger partial charge in [0.05, 0.1) is 49.9 Å². The van der Waals surface area contributed by atoms with E-state index in [2.05, 4.69) is 278 Å². The van der Waals surface area contributed by atoms with Crippen LogP contribution < -0.4 is 26.2 Å². The Kier molecular flexibility index (Phi) is 11.2. The number of aromatic nitrogens is 2. The van der Waals surface area contributed by atoms with Crippen molar-refractivity contribution in [2.45, 2.75) is 84.5 Å². The number of rotatable bonds is 8. The first-order valence-corrected chi connectivity index (χ1v) is 35.3. The third kappa shape index (κ3) is 9.57. The molecule has 3 aliphatic rings. The van der Waals surface area contributed by atoms with Gasteiger partial charge in [-0.1, -0.05) is 280 Å². The first-order valence-electron chi connectivity index (χ1n) is 41.3. The van der Waals surface area contributed by atoms with Crippen LogP contribution in [0.4, 0.5) is 34.1 Å². The molecule has 0 fully saturated rings. The Bertz CT molecular complexity index is 6670. The first-order chi connectivity index (χ1) is 54.5. The minimum absolute atomic E-state index is 0.00530. The Morgan fingerprint density at radius 2 is 0.735 bits per heavy atom. The van der Waals surface area contributed by atoms with Gasteiger partial charge in [-0.15, -0.1) is 0 Å². The number of nitrogens with zero attached hydrogens (tertiary/aromatic N) is 4. The third-order valence-electron chi connectivity index (χ3n) is 21.6. The zero-order chi connectivity index (χ0) is 79.5. The zero-order valence-corrected chi connectivity index (χ0v) is 58.5. The van der Waals surface area contributed by atoms with Crippen LogP contribution in [0.1, 0.15) is 118 Å². The van der Waals surface area contributed by atoms with Gasteiger partial charge in [-0.25, -0.2) is 0 Å². The van der Waals surface area contributed by atoms with Crippen LogP contribution in [0, 0.1) is 0 Å². The van der Waals surface area contributed by atoms with Gasteiger partial charge in [0, 0.05) is 78.3 Å². The fourth-order valence-electron chi connectivity index (χ4n) is 16.6. The summed E-state index contributed by atoms with van der Waals surface area (Å²) in [5.41, 5.74) is 23.3. The second-order valence-corrected chi connectivity index (χ2v) is 30.7. The van der Waals surface area contributed by atoms with E-state index in [4.69, 9.17) is 2.74 Å². The summed E-state index contributed by atoms with van der Waals surface area (Å²) in [5, 5.41) is 1.05. The molecular formula is C97H79BN4. The van der Waals surface area contributed by atoms with E-state index in [0.29, 0.717) is 38.9 Å². The van der Waals surface area contributed by atoms with E-state index >= 15 is 0 Å². The second kappa shape index (κ2) is 22.9. The van der Waals surface area contributed by atoms with E-state index in [1.807, 2.05) is 34.9 Å². The van der Waals surface area contributed by atoms with Gasteiger partial charge in [-0.3, -0.25) is 0 Å². The molecule has 0 unspecified atom stereocenters. The molecule has 2 aliphatic heterocycles. The van der Waals surface area contributed by atoms with Crippen LogP contribution in [0.3, 0.4) is 0 Å². The lowest BCUT2D eigenvalue weighted by molar-refractivity contribution is 0.590. The Hall–Kier alpha value is -11.7. The largest absolute Gasteiger partial charge is 0.311 e. The van der Waals surface area contributed by atoms with Gasteiger partial charge in [0.1, 0.15) is 0 Å². The highest BCUT2D eigenvalue weighted by Gasteiger charge is 2.46. The number of para-hydroxylation sites is 3. The summed E-state index contributed by atoms with van der Waals surface area (Å²) in [5.74, 6) is -0.150. The average molecular weight is 1320 g/mol. The quantitative estimate of drug-likeness (QED) is 0.141. The molecule has 19 rings (SSSR count). The topological polar surface area (TPSA) is 16.3 Å². The van der Waals surface area contributed by atoms with Crippen LogP contribution in [0.2, 0.25) is 0 Å². The summed E-state index contributed by atoms with van der Waals surface area (Å²) in [6.07, 6.45) is 0. The van der Waals surface area contributed by atoms with Crippen LogP contribution in [-0.4, -0.2) is 15.8 Å². The molecule has 2 aromatic heterocycles. The van der Waals surface area contributed by atoms with Crippen LogP contribution in [0.15, 0.2) is 309 Å². The van der Waals surface area contributed by atoms with Crippen LogP contribution in [-0.2, 0) is 16.2 Å². The Morgan fingerprint density at radius 3 is 1.25 bits per heavy atom. The SMILES string of the molecule is [2H]c1c([2H])c([2H])c2c(c1[2H])c1cc(C3c4ccccc4-c4ccccc43)ccc1n2-c1ccc2c(c1)N(c1ccc(C(C)(C)C)cc1-c1ccccc1)c1cc(C(C)(C)C)cc3c1B2c1ccc(-n2c4c([2H])c([2H])c([2H])c([2H])c4c4c([2H])c([2H])c([2H])c([2H])c42)cc1N3c1c(-c2ccccc2)cc(C(C)(C)C)cc1-c1ccccc1. The number of fused-ring (bicyclic) bond motifs is 13. The lowest BCUT2D eigenvalue weighted by Gasteiger charge is -2.46. The number of hydrogen-bond donors (Lipinski definition) is 0. The minimum Gasteiger partial charge on any atom is -0.311 e. The standard InChI is InChI=1S/C97H79BN4/c1-95(2,3)65-46-52-86(77(54-65)61-29-13-10-14-30-61)101-88-59-68(100-85-44-28-25-39-74(85)80-53-64(45-51-87(80)100)92-75-40-21-19-35-70(75)71-36-20-22-41-76(71)92)47-49-81(88)98-82-50-48-69(99-83-42-26-23-37-72(83)73-38-24-27-43-84(73)99)60-89(82)102(91-58-67(97(7,8)9)57-90(101)93(91)98)94-78(62-31-15-11-16-32-62)55-66(96(4,5)6)56-79(94)63-33-17-12-18-34-63/h10-60,92H,1-9H3/i23D,24D,25D,26D,27D,28D,37D,38D,39D,42D,43D,44D. The van der Waals surface area contributed by atoms with Crippen molar-refractivity contribution in [2.24, 2.45) is 0 Å². The van der Waals surface area contributed by atoms with Crippen molar-refractivity contribution in [1.82, 2.24) is 9.13 Å². The Labute approximate surface area is 616 Å². The van der Waals surface area contributed by atoms with Gasteiger partial charge in [0.2, 0.25) is 0 Å². The molecule has 0 N–H and O–H groups in total. The first kappa shape index (κ1) is 49.8. The van der Waals surface area contributed by atoms with Crippen molar-refractivity contribution < 1.29 is 16.4 Å². The molecule has 4 heterocycles. The molecule has 102 heavy (non-hydrogen) atoms. The van der Waals surface area contributed by atoms with Gasteiger partial charge >= 0.3 is 0 Å². The summed E-state index contributed by atoms with van der Waals surface area (Å²) in [7, 11) is 0. The van der Waals surface area contributed by atoms with E-state index < -0.39 is 60.5 Å². The summed E-state index contributed by atoms with van der Waals surface area (Å²) in [6, 6.07) is 78.9. The fraction of sp³-hybridized carbons (Fsp3) is 0.134. The highest BCUT2D eigenvalue weighted by molar-refractivity contribution is 7.00.